The van der Waals surface area contributed by atoms with Crippen molar-refractivity contribution in [1.82, 2.24) is 15.6 Å². The zero-order valence-corrected chi connectivity index (χ0v) is 15.5. The van der Waals surface area contributed by atoms with Crippen LogP contribution >= 0.6 is 0 Å². The van der Waals surface area contributed by atoms with Crippen molar-refractivity contribution in [2.75, 3.05) is 0 Å². The van der Waals surface area contributed by atoms with Crippen molar-refractivity contribution in [3.8, 4) is 0 Å². The molecule has 1 saturated heterocycles. The first-order chi connectivity index (χ1) is 13.3. The first-order valence-corrected chi connectivity index (χ1v) is 8.97. The lowest BCUT2D eigenvalue weighted by molar-refractivity contribution is -0.152. The van der Waals surface area contributed by atoms with Crippen LogP contribution < -0.4 is 10.6 Å². The lowest BCUT2D eigenvalue weighted by Gasteiger charge is -2.35. The van der Waals surface area contributed by atoms with Gasteiger partial charge in [0.25, 0.3) is 0 Å². The molecule has 1 aliphatic heterocycles. The maximum atomic E-state index is 13.8. The maximum absolute atomic E-state index is 13.8. The smallest absolute Gasteiger partial charge is 0.307 e. The first-order valence-electron chi connectivity index (χ1n) is 8.97. The third-order valence-corrected chi connectivity index (χ3v) is 4.74. The van der Waals surface area contributed by atoms with Crippen LogP contribution in [0.5, 0.6) is 0 Å². The molecule has 1 amide bonds. The molecule has 4 atom stereocenters. The second-order valence-electron chi connectivity index (χ2n) is 6.76. The molecule has 2 heterocycles. The fraction of sp³-hybridized carbons (Fsp3) is 0.350. The maximum Gasteiger partial charge on any atom is 0.307 e. The summed E-state index contributed by atoms with van der Waals surface area (Å²) < 4.78 is 32.1. The van der Waals surface area contributed by atoms with Gasteiger partial charge in [0.2, 0.25) is 5.91 Å². The van der Waals surface area contributed by atoms with Crippen LogP contribution in [-0.2, 0) is 14.3 Å². The molecule has 148 valence electrons. The average molecular weight is 389 g/mol. The van der Waals surface area contributed by atoms with Gasteiger partial charge in [0, 0.05) is 23.9 Å². The molecular formula is C20H21F2N3O3. The Morgan fingerprint density at radius 1 is 1.29 bits per heavy atom. The minimum atomic E-state index is -0.899. The van der Waals surface area contributed by atoms with Crippen LogP contribution in [0.25, 0.3) is 0 Å². The van der Waals surface area contributed by atoms with E-state index < -0.39 is 35.8 Å². The number of esters is 1. The van der Waals surface area contributed by atoms with E-state index in [9.17, 15) is 18.4 Å². The Labute approximate surface area is 161 Å². The van der Waals surface area contributed by atoms with Crippen molar-refractivity contribution in [2.24, 2.45) is 5.92 Å². The van der Waals surface area contributed by atoms with Gasteiger partial charge in [0.1, 0.15) is 23.9 Å². The molecule has 0 bridgehead atoms. The van der Waals surface area contributed by atoms with E-state index in [-0.39, 0.29) is 23.9 Å². The number of nitrogens with zero attached hydrogens (tertiary/aromatic N) is 1. The van der Waals surface area contributed by atoms with Gasteiger partial charge in [-0.05, 0) is 38.1 Å². The van der Waals surface area contributed by atoms with Crippen molar-refractivity contribution in [3.05, 3.63) is 65.5 Å². The summed E-state index contributed by atoms with van der Waals surface area (Å²) in [5.41, 5.74) is 0.744. The Morgan fingerprint density at radius 3 is 2.71 bits per heavy atom. The average Bonchev–Trinajstić information content (AvgIpc) is 2.65. The zero-order chi connectivity index (χ0) is 20.3. The second kappa shape index (κ2) is 8.43. The lowest BCUT2D eigenvalue weighted by Crippen LogP contribution is -2.56. The minimum Gasteiger partial charge on any atom is -0.458 e. The molecule has 6 nitrogen and oxygen atoms in total. The monoisotopic (exact) mass is 389 g/mol. The van der Waals surface area contributed by atoms with E-state index in [4.69, 9.17) is 4.74 Å². The highest BCUT2D eigenvalue weighted by Gasteiger charge is 2.36. The standard InChI is InChI=1S/C20H21F2N3O3/c1-11-15(20(27)25-19(24-11)17-5-3-4-8-23-17)10-18(26)28-12(2)14-7-6-13(21)9-16(14)22/h3-9,11-12,15,19,24H,10H2,1-2H3,(H,25,27). The topological polar surface area (TPSA) is 80.3 Å². The van der Waals surface area contributed by atoms with Gasteiger partial charge >= 0.3 is 5.97 Å². The van der Waals surface area contributed by atoms with E-state index in [0.29, 0.717) is 5.69 Å². The van der Waals surface area contributed by atoms with Crippen LogP contribution in [0.3, 0.4) is 0 Å². The Morgan fingerprint density at radius 2 is 2.07 bits per heavy atom. The molecule has 1 aliphatic rings. The number of rotatable bonds is 5. The highest BCUT2D eigenvalue weighted by Crippen LogP contribution is 2.24. The number of carbonyl (C=O) groups excluding carboxylic acids is 2. The van der Waals surface area contributed by atoms with Gasteiger partial charge in [0.05, 0.1) is 18.0 Å². The van der Waals surface area contributed by atoms with Crippen LogP contribution in [0.2, 0.25) is 0 Å². The number of hydrogen-bond donors (Lipinski definition) is 2. The quantitative estimate of drug-likeness (QED) is 0.769. The summed E-state index contributed by atoms with van der Waals surface area (Å²) in [4.78, 5) is 29.0. The number of amides is 1. The Balaban J connectivity index is 1.60. The fourth-order valence-electron chi connectivity index (χ4n) is 3.19. The van der Waals surface area contributed by atoms with Crippen LogP contribution in [0.1, 0.15) is 43.8 Å². The predicted molar refractivity (Wildman–Crippen MR) is 96.7 cm³/mol. The SMILES string of the molecule is CC(OC(=O)CC1C(=O)NC(c2ccccn2)NC1C)c1ccc(F)cc1F. The van der Waals surface area contributed by atoms with Crippen molar-refractivity contribution < 1.29 is 23.1 Å². The van der Waals surface area contributed by atoms with Crippen LogP contribution in [0.4, 0.5) is 8.78 Å². The summed E-state index contributed by atoms with van der Waals surface area (Å²) in [5, 5.41) is 6.01. The van der Waals surface area contributed by atoms with Crippen LogP contribution in [0.15, 0.2) is 42.6 Å². The normalized spacial score (nSPS) is 23.0. The second-order valence-corrected chi connectivity index (χ2v) is 6.76. The third kappa shape index (κ3) is 4.51. The van der Waals surface area contributed by atoms with Crippen LogP contribution in [0, 0.1) is 17.6 Å². The van der Waals surface area contributed by atoms with Crippen molar-refractivity contribution in [3.63, 3.8) is 0 Å². The Kier molecular flexibility index (Phi) is 5.99. The molecular weight excluding hydrogens is 368 g/mol. The summed E-state index contributed by atoms with van der Waals surface area (Å²) in [6.07, 6.45) is 0.127. The van der Waals surface area contributed by atoms with Gasteiger partial charge in [-0.1, -0.05) is 6.07 Å². The number of pyridine rings is 1. The molecule has 8 heteroatoms. The van der Waals surface area contributed by atoms with E-state index in [0.717, 1.165) is 12.1 Å². The van der Waals surface area contributed by atoms with E-state index in [1.165, 1.54) is 13.0 Å². The molecule has 0 aliphatic carbocycles. The van der Waals surface area contributed by atoms with E-state index in [1.54, 1.807) is 25.3 Å². The summed E-state index contributed by atoms with van der Waals surface area (Å²) in [6, 6.07) is 8.16. The van der Waals surface area contributed by atoms with Crippen molar-refractivity contribution >= 4 is 11.9 Å². The molecule has 2 aromatic rings. The summed E-state index contributed by atoms with van der Waals surface area (Å²) in [6.45, 7) is 3.30. The van der Waals surface area contributed by atoms with E-state index in [2.05, 4.69) is 15.6 Å². The molecule has 2 N–H and O–H groups in total. The molecule has 4 unspecified atom stereocenters. The third-order valence-electron chi connectivity index (χ3n) is 4.74. The molecule has 28 heavy (non-hydrogen) atoms. The van der Waals surface area contributed by atoms with E-state index in [1.807, 2.05) is 6.07 Å². The molecule has 1 aromatic carbocycles. The summed E-state index contributed by atoms with van der Waals surface area (Å²) >= 11 is 0. The molecule has 0 spiro atoms. The van der Waals surface area contributed by atoms with Gasteiger partial charge in [-0.2, -0.15) is 0 Å². The highest BCUT2D eigenvalue weighted by atomic mass is 19.1. The largest absolute Gasteiger partial charge is 0.458 e. The minimum absolute atomic E-state index is 0.0734. The molecule has 0 radical (unpaired) electrons. The summed E-state index contributed by atoms with van der Waals surface area (Å²) in [7, 11) is 0. The number of ether oxygens (including phenoxy) is 1. The number of aromatic nitrogens is 1. The van der Waals surface area contributed by atoms with E-state index >= 15 is 0 Å². The van der Waals surface area contributed by atoms with Crippen molar-refractivity contribution in [1.29, 1.82) is 0 Å². The zero-order valence-electron chi connectivity index (χ0n) is 15.5. The van der Waals surface area contributed by atoms with Crippen LogP contribution in [-0.4, -0.2) is 22.9 Å². The van der Waals surface area contributed by atoms with Gasteiger partial charge < -0.3 is 10.1 Å². The Bertz CT molecular complexity index is 863. The van der Waals surface area contributed by atoms with Gasteiger partial charge in [-0.25, -0.2) is 8.78 Å². The lowest BCUT2D eigenvalue weighted by atomic mass is 9.93. The molecule has 0 saturated carbocycles. The van der Waals surface area contributed by atoms with Gasteiger partial charge in [-0.15, -0.1) is 0 Å². The Hall–Kier alpha value is -2.87. The number of benzene rings is 1. The predicted octanol–water partition coefficient (Wildman–Crippen LogP) is 2.78. The number of carbonyl (C=O) groups is 2. The summed E-state index contributed by atoms with van der Waals surface area (Å²) in [5.74, 6) is -3.07. The van der Waals surface area contributed by atoms with Gasteiger partial charge in [0.15, 0.2) is 0 Å². The number of nitrogens with one attached hydrogen (secondary N) is 2. The molecule has 3 rings (SSSR count). The van der Waals surface area contributed by atoms with Gasteiger partial charge in [-0.3, -0.25) is 19.9 Å². The highest BCUT2D eigenvalue weighted by molar-refractivity contribution is 5.85. The number of halogens is 2. The number of hydrogen-bond acceptors (Lipinski definition) is 5. The molecule has 1 fully saturated rings. The fourth-order valence-corrected chi connectivity index (χ4v) is 3.19. The first kappa shape index (κ1) is 19.9. The molecule has 1 aromatic heterocycles. The van der Waals surface area contributed by atoms with Crippen molar-refractivity contribution in [2.45, 2.75) is 38.6 Å².